The SMILES string of the molecule is N#CC1CC(=O)c2cccc(F)c21. The highest BCUT2D eigenvalue weighted by molar-refractivity contribution is 6.01. The van der Waals surface area contributed by atoms with Gasteiger partial charge in [0, 0.05) is 17.5 Å². The quantitative estimate of drug-likeness (QED) is 0.605. The molecule has 64 valence electrons. The second-order valence-corrected chi connectivity index (χ2v) is 3.01. The third-order valence-electron chi connectivity index (χ3n) is 2.25. The molecule has 1 atom stereocenters. The molecule has 0 saturated carbocycles. The zero-order valence-corrected chi connectivity index (χ0v) is 6.75. The van der Waals surface area contributed by atoms with Crippen LogP contribution in [-0.2, 0) is 0 Å². The fourth-order valence-corrected chi connectivity index (χ4v) is 1.64. The van der Waals surface area contributed by atoms with Crippen molar-refractivity contribution >= 4 is 5.78 Å². The van der Waals surface area contributed by atoms with E-state index < -0.39 is 11.7 Å². The summed E-state index contributed by atoms with van der Waals surface area (Å²) in [5.74, 6) is -1.18. The van der Waals surface area contributed by atoms with Crippen molar-refractivity contribution in [2.24, 2.45) is 0 Å². The van der Waals surface area contributed by atoms with Crippen LogP contribution in [-0.4, -0.2) is 5.78 Å². The molecule has 0 radical (unpaired) electrons. The van der Waals surface area contributed by atoms with Gasteiger partial charge in [0.15, 0.2) is 5.78 Å². The molecule has 1 aromatic rings. The summed E-state index contributed by atoms with van der Waals surface area (Å²) in [6.45, 7) is 0. The molecule has 0 amide bonds. The number of nitrogens with zero attached hydrogens (tertiary/aromatic N) is 1. The third kappa shape index (κ3) is 1.03. The van der Waals surface area contributed by atoms with Crippen LogP contribution in [0.5, 0.6) is 0 Å². The van der Waals surface area contributed by atoms with Crippen molar-refractivity contribution in [3.05, 3.63) is 35.1 Å². The first kappa shape index (κ1) is 7.93. The summed E-state index contributed by atoms with van der Waals surface area (Å²) in [7, 11) is 0. The lowest BCUT2D eigenvalue weighted by molar-refractivity contribution is 0.0992. The largest absolute Gasteiger partial charge is 0.294 e. The molecule has 0 N–H and O–H groups in total. The van der Waals surface area contributed by atoms with E-state index in [1.54, 1.807) is 6.07 Å². The molecule has 2 nitrogen and oxygen atoms in total. The van der Waals surface area contributed by atoms with Crippen LogP contribution in [0.3, 0.4) is 0 Å². The highest BCUT2D eigenvalue weighted by Gasteiger charge is 2.31. The fraction of sp³-hybridized carbons (Fsp3) is 0.200. The number of halogens is 1. The number of hydrogen-bond donors (Lipinski definition) is 0. The zero-order valence-electron chi connectivity index (χ0n) is 6.75. The lowest BCUT2D eigenvalue weighted by Crippen LogP contribution is -1.93. The van der Waals surface area contributed by atoms with E-state index >= 15 is 0 Å². The zero-order chi connectivity index (χ0) is 9.42. The van der Waals surface area contributed by atoms with Crippen LogP contribution in [0.25, 0.3) is 0 Å². The van der Waals surface area contributed by atoms with Gasteiger partial charge in [-0.25, -0.2) is 4.39 Å². The standard InChI is InChI=1S/C10H6FNO/c11-8-3-1-2-7-9(13)4-6(5-12)10(7)8/h1-3,6H,4H2. The Hall–Kier alpha value is -1.69. The Kier molecular flexibility index (Phi) is 1.63. The maximum Gasteiger partial charge on any atom is 0.164 e. The minimum absolute atomic E-state index is 0.118. The Morgan fingerprint density at radius 2 is 2.31 bits per heavy atom. The van der Waals surface area contributed by atoms with Gasteiger partial charge < -0.3 is 0 Å². The summed E-state index contributed by atoms with van der Waals surface area (Å²) in [5.41, 5.74) is 0.640. The predicted molar refractivity (Wildman–Crippen MR) is 43.7 cm³/mol. The molecular formula is C10H6FNO. The number of carbonyl (C=O) groups excluding carboxylic acids is 1. The van der Waals surface area contributed by atoms with Crippen LogP contribution in [0.1, 0.15) is 28.3 Å². The van der Waals surface area contributed by atoms with E-state index in [1.165, 1.54) is 12.1 Å². The normalized spacial score (nSPS) is 19.7. The number of carbonyl (C=O) groups is 1. The maximum absolute atomic E-state index is 13.2. The van der Waals surface area contributed by atoms with Gasteiger partial charge in [0.2, 0.25) is 0 Å². The first-order chi connectivity index (χ1) is 6.24. The first-order valence-electron chi connectivity index (χ1n) is 3.95. The van der Waals surface area contributed by atoms with Crippen LogP contribution < -0.4 is 0 Å². The summed E-state index contributed by atoms with van der Waals surface area (Å²) < 4.78 is 13.2. The smallest absolute Gasteiger partial charge is 0.164 e. The average Bonchev–Trinajstić information content (AvgIpc) is 2.45. The van der Waals surface area contributed by atoms with E-state index in [9.17, 15) is 9.18 Å². The highest BCUT2D eigenvalue weighted by Crippen LogP contribution is 2.33. The number of fused-ring (bicyclic) bond motifs is 1. The first-order valence-corrected chi connectivity index (χ1v) is 3.95. The predicted octanol–water partition coefficient (Wildman–Crippen LogP) is 2.02. The molecule has 0 spiro atoms. The van der Waals surface area contributed by atoms with Crippen molar-refractivity contribution in [2.45, 2.75) is 12.3 Å². The lowest BCUT2D eigenvalue weighted by atomic mass is 10.0. The third-order valence-corrected chi connectivity index (χ3v) is 2.25. The molecule has 1 unspecified atom stereocenters. The summed E-state index contributed by atoms with van der Waals surface area (Å²) in [6, 6.07) is 6.27. The van der Waals surface area contributed by atoms with Gasteiger partial charge in [-0.3, -0.25) is 4.79 Å². The summed E-state index contributed by atoms with van der Waals surface area (Å²) in [5, 5.41) is 8.69. The Labute approximate surface area is 74.6 Å². The van der Waals surface area contributed by atoms with Crippen molar-refractivity contribution in [1.82, 2.24) is 0 Å². The lowest BCUT2D eigenvalue weighted by Gasteiger charge is -2.00. The van der Waals surface area contributed by atoms with Crippen molar-refractivity contribution in [1.29, 1.82) is 5.26 Å². The van der Waals surface area contributed by atoms with Gasteiger partial charge in [-0.1, -0.05) is 12.1 Å². The molecule has 0 bridgehead atoms. The molecule has 0 saturated heterocycles. The van der Waals surface area contributed by atoms with E-state index in [-0.39, 0.29) is 17.8 Å². The number of benzene rings is 1. The van der Waals surface area contributed by atoms with E-state index in [4.69, 9.17) is 5.26 Å². The van der Waals surface area contributed by atoms with Crippen molar-refractivity contribution in [2.75, 3.05) is 0 Å². The van der Waals surface area contributed by atoms with Crippen LogP contribution in [0, 0.1) is 17.1 Å². The van der Waals surface area contributed by atoms with Gasteiger partial charge in [0.05, 0.1) is 12.0 Å². The average molecular weight is 175 g/mol. The number of rotatable bonds is 0. The molecule has 0 fully saturated rings. The monoisotopic (exact) mass is 175 g/mol. The van der Waals surface area contributed by atoms with E-state index in [2.05, 4.69) is 0 Å². The van der Waals surface area contributed by atoms with Gasteiger partial charge in [0.1, 0.15) is 5.82 Å². The molecular weight excluding hydrogens is 169 g/mol. The Morgan fingerprint density at radius 3 is 3.00 bits per heavy atom. The molecule has 0 aliphatic heterocycles. The molecule has 1 aromatic carbocycles. The van der Waals surface area contributed by atoms with Crippen LogP contribution in [0.2, 0.25) is 0 Å². The van der Waals surface area contributed by atoms with Gasteiger partial charge >= 0.3 is 0 Å². The highest BCUT2D eigenvalue weighted by atomic mass is 19.1. The van der Waals surface area contributed by atoms with Crippen molar-refractivity contribution in [3.63, 3.8) is 0 Å². The van der Waals surface area contributed by atoms with Gasteiger partial charge in [-0.2, -0.15) is 5.26 Å². The topological polar surface area (TPSA) is 40.9 Å². The summed E-state index contributed by atoms with van der Waals surface area (Å²) in [6.07, 6.45) is 0.118. The van der Waals surface area contributed by atoms with Crippen molar-refractivity contribution in [3.8, 4) is 6.07 Å². The second-order valence-electron chi connectivity index (χ2n) is 3.01. The number of ketones is 1. The fourth-order valence-electron chi connectivity index (χ4n) is 1.64. The van der Waals surface area contributed by atoms with Gasteiger partial charge in [-0.05, 0) is 6.07 Å². The minimum Gasteiger partial charge on any atom is -0.294 e. The van der Waals surface area contributed by atoms with E-state index in [0.29, 0.717) is 5.56 Å². The second kappa shape index (κ2) is 2.67. The van der Waals surface area contributed by atoms with Crippen LogP contribution in [0.4, 0.5) is 4.39 Å². The van der Waals surface area contributed by atoms with Crippen LogP contribution in [0.15, 0.2) is 18.2 Å². The molecule has 3 heteroatoms. The maximum atomic E-state index is 13.2. The Bertz CT molecular complexity index is 419. The van der Waals surface area contributed by atoms with E-state index in [1.807, 2.05) is 6.07 Å². The molecule has 13 heavy (non-hydrogen) atoms. The van der Waals surface area contributed by atoms with E-state index in [0.717, 1.165) is 0 Å². The number of Topliss-reactive ketones (excluding diaryl/α,β-unsaturated/α-hetero) is 1. The number of nitriles is 1. The van der Waals surface area contributed by atoms with Crippen LogP contribution >= 0.6 is 0 Å². The molecule has 0 aromatic heterocycles. The Balaban J connectivity index is 2.67. The Morgan fingerprint density at radius 1 is 1.54 bits per heavy atom. The van der Waals surface area contributed by atoms with Gasteiger partial charge in [0.25, 0.3) is 0 Å². The minimum atomic E-state index is -0.594. The molecule has 1 aliphatic carbocycles. The summed E-state index contributed by atoms with van der Waals surface area (Å²) in [4.78, 5) is 11.3. The van der Waals surface area contributed by atoms with Crippen molar-refractivity contribution < 1.29 is 9.18 Å². The molecule has 2 rings (SSSR count). The molecule has 1 aliphatic rings. The summed E-state index contributed by atoms with van der Waals surface area (Å²) >= 11 is 0. The number of hydrogen-bond acceptors (Lipinski definition) is 2. The van der Waals surface area contributed by atoms with Gasteiger partial charge in [-0.15, -0.1) is 0 Å². The molecule has 0 heterocycles.